The Morgan fingerprint density at radius 3 is 1.57 bits per heavy atom. The van der Waals surface area contributed by atoms with E-state index in [0.29, 0.717) is 5.82 Å². The average Bonchev–Trinajstić information content (AvgIpc) is 3.73. The molecule has 0 N–H and O–H groups in total. The molecular formula is C47H29N5S. The summed E-state index contributed by atoms with van der Waals surface area (Å²) in [6.45, 7) is 0. The predicted octanol–water partition coefficient (Wildman–Crippen LogP) is 12.2. The van der Waals surface area contributed by atoms with Crippen molar-refractivity contribution in [1.82, 2.24) is 23.7 Å². The number of aromatic nitrogens is 5. The molecule has 0 bridgehead atoms. The summed E-state index contributed by atoms with van der Waals surface area (Å²) in [6.07, 6.45) is 0. The number of nitrogens with zero attached hydrogens (tertiary/aromatic N) is 5. The van der Waals surface area contributed by atoms with Crippen LogP contribution in [0.15, 0.2) is 176 Å². The highest BCUT2D eigenvalue weighted by atomic mass is 32.1. The molecule has 53 heavy (non-hydrogen) atoms. The van der Waals surface area contributed by atoms with Gasteiger partial charge < -0.3 is 0 Å². The van der Waals surface area contributed by atoms with Gasteiger partial charge in [0.25, 0.3) is 0 Å². The fourth-order valence-corrected chi connectivity index (χ4v) is 7.68. The van der Waals surface area contributed by atoms with Gasteiger partial charge in [-0.05, 0) is 58.7 Å². The van der Waals surface area contributed by atoms with Crippen LogP contribution in [0.25, 0.3) is 100 Å². The van der Waals surface area contributed by atoms with E-state index < -0.39 is 0 Å². The molecule has 3 aromatic heterocycles. The van der Waals surface area contributed by atoms with Crippen molar-refractivity contribution in [3.05, 3.63) is 176 Å². The Morgan fingerprint density at radius 2 is 0.887 bits per heavy atom. The lowest BCUT2D eigenvalue weighted by molar-refractivity contribution is 1.18. The van der Waals surface area contributed by atoms with Gasteiger partial charge in [-0.3, -0.25) is 0 Å². The highest BCUT2D eigenvalue weighted by Crippen LogP contribution is 2.38. The second kappa shape index (κ2) is 13.0. The van der Waals surface area contributed by atoms with Crippen LogP contribution in [0.5, 0.6) is 0 Å². The first-order valence-corrected chi connectivity index (χ1v) is 18.2. The minimum atomic E-state index is 0.659. The predicted molar refractivity (Wildman–Crippen MR) is 218 cm³/mol. The van der Waals surface area contributed by atoms with E-state index in [1.165, 1.54) is 11.7 Å². The van der Waals surface area contributed by atoms with Crippen LogP contribution in [-0.2, 0) is 0 Å². The quantitative estimate of drug-likeness (QED) is 0.162. The summed E-state index contributed by atoms with van der Waals surface area (Å²) >= 11 is 1.24. The average molecular weight is 696 g/mol. The molecule has 10 aromatic rings. The number of pyridine rings is 1. The molecule has 6 heteroatoms. The summed E-state index contributed by atoms with van der Waals surface area (Å²) < 4.78 is 9.31. The van der Waals surface area contributed by atoms with Crippen molar-refractivity contribution in [2.24, 2.45) is 0 Å². The maximum absolute atomic E-state index is 5.31. The number of hydrogen-bond acceptors (Lipinski definition) is 6. The van der Waals surface area contributed by atoms with E-state index in [-0.39, 0.29) is 0 Å². The van der Waals surface area contributed by atoms with E-state index in [1.54, 1.807) is 0 Å². The molecule has 0 atom stereocenters. The van der Waals surface area contributed by atoms with Gasteiger partial charge in [-0.2, -0.15) is 8.75 Å². The van der Waals surface area contributed by atoms with Gasteiger partial charge in [0.15, 0.2) is 5.82 Å². The van der Waals surface area contributed by atoms with Crippen LogP contribution in [0.4, 0.5) is 0 Å². The van der Waals surface area contributed by atoms with Crippen molar-refractivity contribution in [3.8, 4) is 67.4 Å². The third-order valence-electron chi connectivity index (χ3n) is 9.74. The van der Waals surface area contributed by atoms with Crippen molar-refractivity contribution in [3.63, 3.8) is 0 Å². The number of rotatable bonds is 6. The summed E-state index contributed by atoms with van der Waals surface area (Å²) in [5, 5.41) is 3.15. The molecule has 0 amide bonds. The lowest BCUT2D eigenvalue weighted by atomic mass is 9.97. The fraction of sp³-hybridized carbons (Fsp3) is 0. The van der Waals surface area contributed by atoms with Gasteiger partial charge in [-0.15, -0.1) is 0 Å². The molecule has 0 spiro atoms. The monoisotopic (exact) mass is 695 g/mol. The molecular weight excluding hydrogens is 667 g/mol. The number of fused-ring (bicyclic) bond motifs is 5. The molecule has 3 heterocycles. The van der Waals surface area contributed by atoms with Crippen LogP contribution in [0.3, 0.4) is 0 Å². The van der Waals surface area contributed by atoms with E-state index in [4.69, 9.17) is 19.3 Å². The highest BCUT2D eigenvalue weighted by Gasteiger charge is 2.18. The van der Waals surface area contributed by atoms with Gasteiger partial charge in [-0.1, -0.05) is 140 Å². The fourth-order valence-electron chi connectivity index (χ4n) is 7.14. The summed E-state index contributed by atoms with van der Waals surface area (Å²) in [5.41, 5.74) is 13.8. The zero-order valence-electron chi connectivity index (χ0n) is 28.4. The number of benzene rings is 7. The van der Waals surface area contributed by atoms with Crippen molar-refractivity contribution < 1.29 is 0 Å². The summed E-state index contributed by atoms with van der Waals surface area (Å²) in [5.74, 6) is 0.659. The van der Waals surface area contributed by atoms with Gasteiger partial charge in [0.05, 0.1) is 34.3 Å². The van der Waals surface area contributed by atoms with E-state index in [9.17, 15) is 0 Å². The molecule has 248 valence electrons. The minimum Gasteiger partial charge on any atom is -0.247 e. The smallest absolute Gasteiger partial charge is 0.160 e. The molecule has 0 aliphatic carbocycles. The third kappa shape index (κ3) is 5.72. The van der Waals surface area contributed by atoms with E-state index in [2.05, 4.69) is 156 Å². The largest absolute Gasteiger partial charge is 0.247 e. The molecule has 0 unspecified atom stereocenters. The van der Waals surface area contributed by atoms with Crippen molar-refractivity contribution in [2.45, 2.75) is 0 Å². The first-order valence-electron chi connectivity index (χ1n) is 17.5. The van der Waals surface area contributed by atoms with Crippen LogP contribution in [0.2, 0.25) is 0 Å². The Morgan fingerprint density at radius 1 is 0.340 bits per heavy atom. The van der Waals surface area contributed by atoms with Crippen LogP contribution in [-0.4, -0.2) is 23.7 Å². The molecule has 7 aromatic carbocycles. The maximum atomic E-state index is 5.31. The van der Waals surface area contributed by atoms with Crippen molar-refractivity contribution >= 4 is 44.4 Å². The standard InChI is InChI=1S/C47H29N5S/c1-4-12-30(13-5-1)33-18-10-20-35(26-33)41-29-42(50-47(49-41)37-21-11-19-34(27-37)31-14-6-2-7-15-31)36-22-23-38-43(28-36)48-45(32-16-8-3-9-17-32)39-24-25-40-46(44(38)39)52-53-51-40/h1-29H. The van der Waals surface area contributed by atoms with Crippen LogP contribution in [0, 0.1) is 0 Å². The lowest BCUT2D eigenvalue weighted by Gasteiger charge is -2.13. The zero-order valence-corrected chi connectivity index (χ0v) is 29.2. The maximum Gasteiger partial charge on any atom is 0.160 e. The van der Waals surface area contributed by atoms with E-state index in [1.807, 2.05) is 24.3 Å². The molecule has 0 saturated heterocycles. The topological polar surface area (TPSA) is 64.5 Å². The van der Waals surface area contributed by atoms with Gasteiger partial charge in [0.1, 0.15) is 11.0 Å². The van der Waals surface area contributed by atoms with Crippen molar-refractivity contribution in [2.75, 3.05) is 0 Å². The molecule has 0 saturated carbocycles. The number of hydrogen-bond donors (Lipinski definition) is 0. The summed E-state index contributed by atoms with van der Waals surface area (Å²) in [6, 6.07) is 61.0. The van der Waals surface area contributed by atoms with Crippen molar-refractivity contribution in [1.29, 1.82) is 0 Å². The Hall–Kier alpha value is -6.89. The van der Waals surface area contributed by atoms with Crippen LogP contribution in [0.1, 0.15) is 0 Å². The second-order valence-electron chi connectivity index (χ2n) is 13.0. The van der Waals surface area contributed by atoms with Gasteiger partial charge in [0.2, 0.25) is 0 Å². The third-order valence-corrected chi connectivity index (χ3v) is 10.3. The SMILES string of the molecule is c1ccc(-c2cccc(-c3cc(-c4ccc5c(c4)nc(-c4ccccc4)c4ccc6nsnc6c45)nc(-c4cccc(-c5ccccc5)c4)n3)c2)cc1. The first-order chi connectivity index (χ1) is 26.2. The van der Waals surface area contributed by atoms with E-state index in [0.717, 1.165) is 94.3 Å². The van der Waals surface area contributed by atoms with Gasteiger partial charge in [0, 0.05) is 38.4 Å². The normalized spacial score (nSPS) is 11.4. The molecule has 0 fully saturated rings. The van der Waals surface area contributed by atoms with Crippen LogP contribution >= 0.6 is 11.7 Å². The second-order valence-corrected chi connectivity index (χ2v) is 13.6. The van der Waals surface area contributed by atoms with Crippen LogP contribution < -0.4 is 0 Å². The Bertz CT molecular complexity index is 2840. The lowest BCUT2D eigenvalue weighted by Crippen LogP contribution is -1.97. The molecule has 0 aliphatic rings. The van der Waals surface area contributed by atoms with E-state index >= 15 is 0 Å². The zero-order chi connectivity index (χ0) is 35.1. The minimum absolute atomic E-state index is 0.659. The Kier molecular flexibility index (Phi) is 7.59. The highest BCUT2D eigenvalue weighted by molar-refractivity contribution is 7.00. The molecule has 5 nitrogen and oxygen atoms in total. The Labute approximate surface area is 310 Å². The summed E-state index contributed by atoms with van der Waals surface area (Å²) in [4.78, 5) is 15.8. The summed E-state index contributed by atoms with van der Waals surface area (Å²) in [7, 11) is 0. The molecule has 0 aliphatic heterocycles. The van der Waals surface area contributed by atoms with Gasteiger partial charge >= 0.3 is 0 Å². The Balaban J connectivity index is 1.19. The van der Waals surface area contributed by atoms with Gasteiger partial charge in [-0.25, -0.2) is 15.0 Å². The molecule has 0 radical (unpaired) electrons. The first kappa shape index (κ1) is 30.9. The molecule has 10 rings (SSSR count).